The monoisotopic (exact) mass is 491 g/mol. The first-order valence-corrected chi connectivity index (χ1v) is 11.6. The van der Waals surface area contributed by atoms with Gasteiger partial charge in [-0.1, -0.05) is 36.4 Å². The Morgan fingerprint density at radius 1 is 1.11 bits per heavy atom. The van der Waals surface area contributed by atoms with Crippen LogP contribution in [-0.4, -0.2) is 32.9 Å². The van der Waals surface area contributed by atoms with Crippen molar-refractivity contribution in [3.05, 3.63) is 106 Å². The number of rotatable bonds is 8. The number of hydrogen-bond donors (Lipinski definition) is 2. The molecule has 37 heavy (non-hydrogen) atoms. The van der Waals surface area contributed by atoms with Crippen LogP contribution < -0.4 is 16.2 Å². The van der Waals surface area contributed by atoms with Crippen LogP contribution in [-0.2, 0) is 4.79 Å². The van der Waals surface area contributed by atoms with Crippen molar-refractivity contribution in [2.75, 3.05) is 12.4 Å². The molecular formula is C28H25N7O2. The van der Waals surface area contributed by atoms with E-state index in [0.29, 0.717) is 57.2 Å². The molecule has 1 atom stereocenters. The lowest BCUT2D eigenvalue weighted by atomic mass is 10.0. The van der Waals surface area contributed by atoms with Crippen LogP contribution in [0, 0.1) is 18.3 Å². The highest BCUT2D eigenvalue weighted by Crippen LogP contribution is 2.25. The molecule has 1 unspecified atom stereocenters. The maximum Gasteiger partial charge on any atom is 0.266 e. The second-order valence-electron chi connectivity index (χ2n) is 8.15. The zero-order valence-electron chi connectivity index (χ0n) is 20.6. The molecule has 184 valence electrons. The number of carbonyl (C=O) groups excluding carboxylic acids is 1. The number of anilines is 1. The van der Waals surface area contributed by atoms with Gasteiger partial charge in [0.15, 0.2) is 0 Å². The predicted molar refractivity (Wildman–Crippen MR) is 143 cm³/mol. The quantitative estimate of drug-likeness (QED) is 0.216. The van der Waals surface area contributed by atoms with Crippen LogP contribution in [0.1, 0.15) is 35.7 Å². The third-order valence-electron chi connectivity index (χ3n) is 5.72. The largest absolute Gasteiger partial charge is 0.388 e. The van der Waals surface area contributed by atoms with Crippen LogP contribution in [0.25, 0.3) is 22.3 Å². The fourth-order valence-electron chi connectivity index (χ4n) is 4.03. The van der Waals surface area contributed by atoms with Gasteiger partial charge >= 0.3 is 0 Å². The summed E-state index contributed by atoms with van der Waals surface area (Å²) in [6.45, 7) is 3.60. The summed E-state index contributed by atoms with van der Waals surface area (Å²) < 4.78 is 1.57. The fraction of sp³-hybridized carbons (Fsp3) is 0.143. The number of fused-ring (bicyclic) bond motifs is 1. The fourth-order valence-corrected chi connectivity index (χ4v) is 4.03. The SMILES string of the molecule is CN/C(=C\C=C/C=O)c1cccc2nc(C(C)Nc3nc(C)ncc3C#N)n(-c3ccccc3)c(=O)c12. The van der Waals surface area contributed by atoms with E-state index in [-0.39, 0.29) is 5.56 Å². The van der Waals surface area contributed by atoms with Crippen molar-refractivity contribution in [1.82, 2.24) is 24.8 Å². The maximum absolute atomic E-state index is 14.1. The number of benzene rings is 2. The number of aryl methyl sites for hydroxylation is 1. The van der Waals surface area contributed by atoms with Crippen molar-refractivity contribution in [3.63, 3.8) is 0 Å². The molecule has 9 heteroatoms. The van der Waals surface area contributed by atoms with Gasteiger partial charge in [0.05, 0.1) is 28.8 Å². The molecule has 0 aliphatic rings. The van der Waals surface area contributed by atoms with E-state index in [9.17, 15) is 14.9 Å². The lowest BCUT2D eigenvalue weighted by Gasteiger charge is -2.21. The Morgan fingerprint density at radius 3 is 2.59 bits per heavy atom. The van der Waals surface area contributed by atoms with E-state index >= 15 is 0 Å². The minimum absolute atomic E-state index is 0.254. The summed E-state index contributed by atoms with van der Waals surface area (Å²) in [6.07, 6.45) is 6.87. The number of aromatic nitrogens is 4. The highest BCUT2D eigenvalue weighted by Gasteiger charge is 2.21. The maximum atomic E-state index is 14.1. The molecule has 2 aromatic heterocycles. The molecule has 0 fully saturated rings. The van der Waals surface area contributed by atoms with E-state index < -0.39 is 6.04 Å². The summed E-state index contributed by atoms with van der Waals surface area (Å²) in [7, 11) is 1.75. The van der Waals surface area contributed by atoms with Crippen LogP contribution in [0.4, 0.5) is 5.82 Å². The van der Waals surface area contributed by atoms with E-state index in [1.807, 2.05) is 49.4 Å². The lowest BCUT2D eigenvalue weighted by molar-refractivity contribution is -0.104. The van der Waals surface area contributed by atoms with Crippen molar-refractivity contribution in [1.29, 1.82) is 5.26 Å². The molecule has 4 aromatic rings. The molecule has 4 rings (SSSR count). The Balaban J connectivity index is 1.97. The van der Waals surface area contributed by atoms with Crippen LogP contribution in [0.2, 0.25) is 0 Å². The number of carbonyl (C=O) groups is 1. The standard InChI is InChI=1S/C28H25N7O2/c1-18(32-26-20(16-29)17-31-19(2)33-26)27-34-24-14-9-12-22(23(30-3)13-7-8-15-36)25(24)28(37)35(27)21-10-5-4-6-11-21/h4-15,17-18,30H,1-3H3,(H,31,32,33)/b8-7-,23-13-. The first-order chi connectivity index (χ1) is 18.0. The molecule has 0 amide bonds. The molecule has 0 saturated carbocycles. The summed E-state index contributed by atoms with van der Waals surface area (Å²) in [6, 6.07) is 16.3. The Morgan fingerprint density at radius 2 is 1.89 bits per heavy atom. The van der Waals surface area contributed by atoms with Gasteiger partial charge in [-0.05, 0) is 44.2 Å². The summed E-state index contributed by atoms with van der Waals surface area (Å²) in [5.41, 5.74) is 2.52. The van der Waals surface area contributed by atoms with Crippen LogP contribution >= 0.6 is 0 Å². The zero-order chi connectivity index (χ0) is 26.4. The first kappa shape index (κ1) is 25.0. The molecule has 0 saturated heterocycles. The molecule has 0 spiro atoms. The van der Waals surface area contributed by atoms with Gasteiger partial charge < -0.3 is 10.6 Å². The molecule has 2 heterocycles. The van der Waals surface area contributed by atoms with Crippen LogP contribution in [0.3, 0.4) is 0 Å². The van der Waals surface area contributed by atoms with E-state index in [1.165, 1.54) is 12.3 Å². The molecule has 2 aromatic carbocycles. The van der Waals surface area contributed by atoms with Crippen molar-refractivity contribution in [3.8, 4) is 11.8 Å². The van der Waals surface area contributed by atoms with E-state index in [2.05, 4.69) is 26.7 Å². The molecule has 9 nitrogen and oxygen atoms in total. The van der Waals surface area contributed by atoms with E-state index in [4.69, 9.17) is 4.98 Å². The molecule has 0 aliphatic carbocycles. The summed E-state index contributed by atoms with van der Waals surface area (Å²) in [5.74, 6) is 1.34. The summed E-state index contributed by atoms with van der Waals surface area (Å²) in [5, 5.41) is 16.3. The van der Waals surface area contributed by atoms with Crippen LogP contribution in [0.5, 0.6) is 0 Å². The van der Waals surface area contributed by atoms with Gasteiger partial charge in [-0.2, -0.15) is 5.26 Å². The third kappa shape index (κ3) is 5.13. The number of allylic oxidation sites excluding steroid dienone is 3. The molecule has 2 N–H and O–H groups in total. The second kappa shape index (κ2) is 11.1. The van der Waals surface area contributed by atoms with Gasteiger partial charge in [0.2, 0.25) is 0 Å². The lowest BCUT2D eigenvalue weighted by Crippen LogP contribution is -2.28. The van der Waals surface area contributed by atoms with E-state index in [1.54, 1.807) is 36.8 Å². The number of para-hydroxylation sites is 1. The predicted octanol–water partition coefficient (Wildman–Crippen LogP) is 3.84. The normalized spacial score (nSPS) is 12.3. The number of nitriles is 1. The average Bonchev–Trinajstić information content (AvgIpc) is 2.91. The number of aldehydes is 1. The Bertz CT molecular complexity index is 1620. The van der Waals surface area contributed by atoms with Gasteiger partial charge in [-0.25, -0.2) is 15.0 Å². The smallest absolute Gasteiger partial charge is 0.266 e. The topological polar surface area (TPSA) is 126 Å². The minimum atomic E-state index is -0.489. The molecular weight excluding hydrogens is 466 g/mol. The molecule has 0 radical (unpaired) electrons. The molecule has 0 bridgehead atoms. The van der Waals surface area contributed by atoms with Gasteiger partial charge in [-0.3, -0.25) is 14.2 Å². The highest BCUT2D eigenvalue weighted by atomic mass is 16.1. The van der Waals surface area contributed by atoms with Crippen molar-refractivity contribution >= 4 is 28.7 Å². The van der Waals surface area contributed by atoms with Crippen molar-refractivity contribution in [2.24, 2.45) is 0 Å². The van der Waals surface area contributed by atoms with Gasteiger partial charge in [-0.15, -0.1) is 0 Å². The minimum Gasteiger partial charge on any atom is -0.388 e. The number of nitrogens with one attached hydrogen (secondary N) is 2. The molecule has 0 aliphatic heterocycles. The Labute approximate surface area is 213 Å². The summed E-state index contributed by atoms with van der Waals surface area (Å²) >= 11 is 0. The first-order valence-electron chi connectivity index (χ1n) is 11.6. The van der Waals surface area contributed by atoms with Crippen molar-refractivity contribution < 1.29 is 4.79 Å². The Hall–Kier alpha value is -5.10. The van der Waals surface area contributed by atoms with Gasteiger partial charge in [0.25, 0.3) is 5.56 Å². The van der Waals surface area contributed by atoms with Crippen molar-refractivity contribution in [2.45, 2.75) is 19.9 Å². The number of hydrogen-bond acceptors (Lipinski definition) is 8. The zero-order valence-corrected chi connectivity index (χ0v) is 20.6. The number of nitrogens with zero attached hydrogens (tertiary/aromatic N) is 5. The second-order valence-corrected chi connectivity index (χ2v) is 8.15. The Kier molecular flexibility index (Phi) is 7.50. The van der Waals surface area contributed by atoms with E-state index in [0.717, 1.165) is 0 Å². The van der Waals surface area contributed by atoms with Gasteiger partial charge in [0.1, 0.15) is 35.4 Å². The average molecular weight is 492 g/mol. The summed E-state index contributed by atoms with van der Waals surface area (Å²) in [4.78, 5) is 38.3. The highest BCUT2D eigenvalue weighted by molar-refractivity contribution is 5.91. The van der Waals surface area contributed by atoms with Gasteiger partial charge in [0, 0.05) is 18.3 Å². The van der Waals surface area contributed by atoms with Crippen LogP contribution in [0.15, 0.2) is 77.8 Å². The third-order valence-corrected chi connectivity index (χ3v) is 5.72.